The maximum atomic E-state index is 13.4. The van der Waals surface area contributed by atoms with Gasteiger partial charge in [-0.3, -0.25) is 14.5 Å². The number of ether oxygens (including phenoxy) is 1. The topological polar surface area (TPSA) is 128 Å². The third kappa shape index (κ3) is 6.50. The summed E-state index contributed by atoms with van der Waals surface area (Å²) in [6.07, 6.45) is 3.98. The van der Waals surface area contributed by atoms with Gasteiger partial charge in [0.15, 0.2) is 0 Å². The number of unbranched alkanes of at least 4 members (excludes halogenated alkanes) is 1. The van der Waals surface area contributed by atoms with Crippen LogP contribution in [0.3, 0.4) is 0 Å². The minimum Gasteiger partial charge on any atom is -0.493 e. The predicted octanol–water partition coefficient (Wildman–Crippen LogP) is 1.53. The Bertz CT molecular complexity index is 1090. The fourth-order valence-electron chi connectivity index (χ4n) is 6.09. The molecular formula is C27H41N3O7S. The third-order valence-electron chi connectivity index (χ3n) is 8.11. The average Bonchev–Trinajstić information content (AvgIpc) is 3.58. The lowest BCUT2D eigenvalue weighted by molar-refractivity contribution is -0.144. The van der Waals surface area contributed by atoms with Gasteiger partial charge in [0.2, 0.25) is 15.9 Å². The van der Waals surface area contributed by atoms with E-state index in [0.29, 0.717) is 52.0 Å². The number of carboxylic acids is 1. The van der Waals surface area contributed by atoms with Crippen LogP contribution in [0, 0.1) is 5.92 Å². The van der Waals surface area contributed by atoms with Crippen LogP contribution < -0.4 is 4.74 Å². The van der Waals surface area contributed by atoms with Crippen molar-refractivity contribution in [2.45, 2.75) is 57.4 Å². The van der Waals surface area contributed by atoms with Crippen molar-refractivity contribution in [1.29, 1.82) is 0 Å². The highest BCUT2D eigenvalue weighted by Crippen LogP contribution is 2.41. The van der Waals surface area contributed by atoms with Crippen LogP contribution in [0.1, 0.15) is 56.1 Å². The van der Waals surface area contributed by atoms with E-state index in [1.54, 1.807) is 4.90 Å². The fraction of sp³-hybridized carbons (Fsp3) is 0.704. The van der Waals surface area contributed by atoms with Gasteiger partial charge in [-0.2, -0.15) is 0 Å². The molecule has 3 heterocycles. The van der Waals surface area contributed by atoms with E-state index in [2.05, 4.69) is 6.92 Å². The summed E-state index contributed by atoms with van der Waals surface area (Å²) >= 11 is 0. The van der Waals surface area contributed by atoms with Crippen LogP contribution in [-0.2, 0) is 26.0 Å². The van der Waals surface area contributed by atoms with E-state index in [1.807, 2.05) is 23.1 Å². The zero-order chi connectivity index (χ0) is 27.3. The molecule has 1 aromatic carbocycles. The standard InChI is InChI=1S/C27H41N3O7S/c1-2-3-10-28(11-4-14-31)25(32)19-29-18-22(20-6-7-24-21(17-20)9-15-37-24)26(27(33)34)23(29)8-13-30-12-5-16-38(30,35)36/h6-7,17,22-23,26,31H,2-5,8-16,18-19H2,1H3,(H,33,34)/t22-,23+,26-/m1/s1. The molecule has 1 amide bonds. The van der Waals surface area contributed by atoms with Crippen LogP contribution in [0.2, 0.25) is 0 Å². The molecule has 0 saturated carbocycles. The van der Waals surface area contributed by atoms with E-state index < -0.39 is 28.0 Å². The van der Waals surface area contributed by atoms with Crippen LogP contribution >= 0.6 is 0 Å². The first-order valence-corrected chi connectivity index (χ1v) is 15.4. The molecule has 1 aromatic rings. The lowest BCUT2D eigenvalue weighted by Gasteiger charge is -2.30. The molecule has 3 aliphatic heterocycles. The Kier molecular flexibility index (Phi) is 9.67. The Balaban J connectivity index is 1.59. The number of carboxylic acid groups (broad SMARTS) is 1. The van der Waals surface area contributed by atoms with E-state index in [4.69, 9.17) is 4.74 Å². The molecule has 0 bridgehead atoms. The summed E-state index contributed by atoms with van der Waals surface area (Å²) in [6, 6.07) is 5.38. The first kappa shape index (κ1) is 28.8. The summed E-state index contributed by atoms with van der Waals surface area (Å²) < 4.78 is 32.0. The summed E-state index contributed by atoms with van der Waals surface area (Å²) in [7, 11) is -3.31. The number of amides is 1. The summed E-state index contributed by atoms with van der Waals surface area (Å²) in [6.45, 7) is 4.89. The Morgan fingerprint density at radius 1 is 1.21 bits per heavy atom. The lowest BCUT2D eigenvalue weighted by atomic mass is 9.83. The Hall–Kier alpha value is -2.21. The largest absolute Gasteiger partial charge is 0.493 e. The first-order valence-electron chi connectivity index (χ1n) is 13.8. The number of hydrogen-bond acceptors (Lipinski definition) is 7. The molecule has 0 radical (unpaired) electrons. The highest BCUT2D eigenvalue weighted by atomic mass is 32.2. The second-order valence-electron chi connectivity index (χ2n) is 10.6. The van der Waals surface area contributed by atoms with Gasteiger partial charge in [-0.05, 0) is 42.9 Å². The quantitative estimate of drug-likeness (QED) is 0.378. The van der Waals surface area contributed by atoms with Gasteiger partial charge < -0.3 is 19.8 Å². The molecule has 38 heavy (non-hydrogen) atoms. The molecule has 0 aliphatic carbocycles. The zero-order valence-corrected chi connectivity index (χ0v) is 23.1. The van der Waals surface area contributed by atoms with Crippen LogP contribution in [0.25, 0.3) is 0 Å². The van der Waals surface area contributed by atoms with Crippen molar-refractivity contribution in [3.8, 4) is 5.75 Å². The van der Waals surface area contributed by atoms with Gasteiger partial charge in [0.1, 0.15) is 5.75 Å². The maximum Gasteiger partial charge on any atom is 0.308 e. The van der Waals surface area contributed by atoms with E-state index in [1.165, 1.54) is 4.31 Å². The Morgan fingerprint density at radius 2 is 2.00 bits per heavy atom. The van der Waals surface area contributed by atoms with Crippen LogP contribution in [-0.4, -0.2) is 109 Å². The molecule has 3 atom stereocenters. The number of aliphatic carboxylic acids is 1. The number of nitrogens with zero attached hydrogens (tertiary/aromatic N) is 3. The molecule has 11 heteroatoms. The van der Waals surface area contributed by atoms with Crippen LogP contribution in [0.5, 0.6) is 5.75 Å². The number of benzene rings is 1. The van der Waals surface area contributed by atoms with Crippen molar-refractivity contribution in [3.63, 3.8) is 0 Å². The minimum absolute atomic E-state index is 0.00222. The zero-order valence-electron chi connectivity index (χ0n) is 22.3. The summed E-state index contributed by atoms with van der Waals surface area (Å²) in [5, 5.41) is 19.7. The molecule has 0 unspecified atom stereocenters. The molecule has 2 fully saturated rings. The molecule has 212 valence electrons. The number of aliphatic hydroxyl groups excluding tert-OH is 1. The second-order valence-corrected chi connectivity index (χ2v) is 12.7. The molecule has 0 spiro atoms. The predicted molar refractivity (Wildman–Crippen MR) is 143 cm³/mol. The number of likely N-dealkylation sites (tertiary alicyclic amines) is 1. The third-order valence-corrected chi connectivity index (χ3v) is 10.1. The molecule has 2 saturated heterocycles. The normalized spacial score (nSPS) is 24.8. The number of rotatable bonds is 13. The Labute approximate surface area is 225 Å². The van der Waals surface area contributed by atoms with Crippen LogP contribution in [0.4, 0.5) is 0 Å². The van der Waals surface area contributed by atoms with Crippen molar-refractivity contribution in [2.24, 2.45) is 5.92 Å². The van der Waals surface area contributed by atoms with Crippen molar-refractivity contribution >= 4 is 21.9 Å². The van der Waals surface area contributed by atoms with Gasteiger partial charge in [0.05, 0.1) is 24.8 Å². The monoisotopic (exact) mass is 551 g/mol. The second kappa shape index (κ2) is 12.8. The van der Waals surface area contributed by atoms with Gasteiger partial charge >= 0.3 is 5.97 Å². The highest BCUT2D eigenvalue weighted by molar-refractivity contribution is 7.89. The van der Waals surface area contributed by atoms with E-state index in [0.717, 1.165) is 36.1 Å². The van der Waals surface area contributed by atoms with Gasteiger partial charge in [-0.1, -0.05) is 25.5 Å². The highest BCUT2D eigenvalue weighted by Gasteiger charge is 2.47. The molecule has 3 aliphatic rings. The lowest BCUT2D eigenvalue weighted by Crippen LogP contribution is -2.46. The van der Waals surface area contributed by atoms with Crippen molar-refractivity contribution < 1.29 is 33.0 Å². The summed E-state index contributed by atoms with van der Waals surface area (Å²) in [5.41, 5.74) is 1.98. The van der Waals surface area contributed by atoms with Crippen molar-refractivity contribution in [2.75, 3.05) is 58.2 Å². The number of hydrogen-bond donors (Lipinski definition) is 2. The van der Waals surface area contributed by atoms with Crippen molar-refractivity contribution in [1.82, 2.24) is 14.1 Å². The SMILES string of the molecule is CCCCN(CCCO)C(=O)CN1C[C@H](c2ccc3c(c2)CCO3)[C@@H](C(=O)O)[C@@H]1CCN1CCCS1(=O)=O. The van der Waals surface area contributed by atoms with E-state index in [-0.39, 0.29) is 37.3 Å². The minimum atomic E-state index is -3.31. The van der Waals surface area contributed by atoms with E-state index >= 15 is 0 Å². The average molecular weight is 552 g/mol. The van der Waals surface area contributed by atoms with E-state index in [9.17, 15) is 28.2 Å². The molecular weight excluding hydrogens is 510 g/mol. The number of carbonyl (C=O) groups excluding carboxylic acids is 1. The Morgan fingerprint density at radius 3 is 2.68 bits per heavy atom. The van der Waals surface area contributed by atoms with Crippen LogP contribution in [0.15, 0.2) is 18.2 Å². The molecule has 2 N–H and O–H groups in total. The number of aliphatic hydroxyl groups is 1. The summed E-state index contributed by atoms with van der Waals surface area (Å²) in [5.74, 6) is -1.16. The van der Waals surface area contributed by atoms with Gasteiger partial charge in [0.25, 0.3) is 0 Å². The number of fused-ring (bicyclic) bond motifs is 1. The maximum absolute atomic E-state index is 13.4. The van der Waals surface area contributed by atoms with Crippen molar-refractivity contribution in [3.05, 3.63) is 29.3 Å². The van der Waals surface area contributed by atoms with Gasteiger partial charge in [-0.15, -0.1) is 0 Å². The fourth-order valence-corrected chi connectivity index (χ4v) is 7.63. The molecule has 10 nitrogen and oxygen atoms in total. The van der Waals surface area contributed by atoms with Gasteiger partial charge in [-0.25, -0.2) is 12.7 Å². The smallest absolute Gasteiger partial charge is 0.308 e. The first-order chi connectivity index (χ1) is 18.2. The number of carbonyl (C=O) groups is 2. The molecule has 0 aromatic heterocycles. The number of sulfonamides is 1. The molecule has 4 rings (SSSR count). The van der Waals surface area contributed by atoms with Gasteiger partial charge in [0, 0.05) is 57.7 Å². The summed E-state index contributed by atoms with van der Waals surface area (Å²) in [4.78, 5) is 29.8.